The fourth-order valence-corrected chi connectivity index (χ4v) is 3.63. The molecule has 0 radical (unpaired) electrons. The fourth-order valence-electron chi connectivity index (χ4n) is 3.63. The number of rotatable bonds is 4. The molecule has 24 heavy (non-hydrogen) atoms. The molecule has 1 aromatic carbocycles. The van der Waals surface area contributed by atoms with Crippen molar-refractivity contribution in [2.45, 2.75) is 19.5 Å². The van der Waals surface area contributed by atoms with E-state index < -0.39 is 0 Å². The summed E-state index contributed by atoms with van der Waals surface area (Å²) in [5.74, 6) is 0.978. The van der Waals surface area contributed by atoms with Crippen LogP contribution in [0.1, 0.15) is 11.1 Å². The fraction of sp³-hybridized carbons (Fsp3) is 0.611. The first-order chi connectivity index (χ1) is 11.2. The van der Waals surface area contributed by atoms with Crippen LogP contribution in [0.3, 0.4) is 0 Å². The molecule has 3 aliphatic heterocycles. The number of aryl methyl sites for hydroxylation is 1. The van der Waals surface area contributed by atoms with E-state index in [1.54, 1.807) is 0 Å². The Balaban J connectivity index is 0.00000208. The second-order valence-corrected chi connectivity index (χ2v) is 6.70. The molecule has 1 unspecified atom stereocenters. The molecule has 1 N–H and O–H groups in total. The Morgan fingerprint density at radius 2 is 1.96 bits per heavy atom. The molecular weight excluding hydrogens is 413 g/mol. The molecule has 4 rings (SSSR count). The van der Waals surface area contributed by atoms with Crippen molar-refractivity contribution in [3.05, 3.63) is 35.4 Å². The molecule has 1 atom stereocenters. The van der Waals surface area contributed by atoms with Crippen LogP contribution in [0.2, 0.25) is 0 Å². The quantitative estimate of drug-likeness (QED) is 0.436. The van der Waals surface area contributed by atoms with Crippen LogP contribution >= 0.6 is 24.0 Å². The van der Waals surface area contributed by atoms with Crippen LogP contribution in [0.15, 0.2) is 29.3 Å². The lowest BCUT2D eigenvalue weighted by Gasteiger charge is -2.47. The Morgan fingerprint density at radius 3 is 2.54 bits per heavy atom. The van der Waals surface area contributed by atoms with Crippen LogP contribution in [-0.2, 0) is 6.54 Å². The lowest BCUT2D eigenvalue weighted by Crippen LogP contribution is -2.63. The summed E-state index contributed by atoms with van der Waals surface area (Å²) in [6, 6.07) is 9.17. The van der Waals surface area contributed by atoms with Gasteiger partial charge in [0.2, 0.25) is 0 Å². The summed E-state index contributed by atoms with van der Waals surface area (Å²) in [4.78, 5) is 11.9. The zero-order chi connectivity index (χ0) is 16.2. The number of guanidine groups is 1. The summed E-state index contributed by atoms with van der Waals surface area (Å²) in [7, 11) is 3.98. The van der Waals surface area contributed by atoms with E-state index in [9.17, 15) is 0 Å². The minimum absolute atomic E-state index is 0. The monoisotopic (exact) mass is 443 g/mol. The van der Waals surface area contributed by atoms with Crippen molar-refractivity contribution in [2.24, 2.45) is 4.99 Å². The molecule has 0 spiro atoms. The highest BCUT2D eigenvalue weighted by atomic mass is 127. The molecule has 2 bridgehead atoms. The Labute approximate surface area is 163 Å². The molecular formula is C18H30IN5. The predicted octanol–water partition coefficient (Wildman–Crippen LogP) is 1.62. The second kappa shape index (κ2) is 9.01. The van der Waals surface area contributed by atoms with E-state index >= 15 is 0 Å². The van der Waals surface area contributed by atoms with Crippen molar-refractivity contribution in [1.82, 2.24) is 20.0 Å². The summed E-state index contributed by atoms with van der Waals surface area (Å²) >= 11 is 0. The summed E-state index contributed by atoms with van der Waals surface area (Å²) in [6.45, 7) is 10.1. The van der Waals surface area contributed by atoms with Gasteiger partial charge in [-0.1, -0.05) is 24.3 Å². The molecule has 0 aromatic heterocycles. The van der Waals surface area contributed by atoms with Crippen LogP contribution in [0.4, 0.5) is 0 Å². The molecule has 1 aromatic rings. The van der Waals surface area contributed by atoms with Gasteiger partial charge >= 0.3 is 0 Å². The van der Waals surface area contributed by atoms with E-state index in [1.807, 2.05) is 7.05 Å². The van der Waals surface area contributed by atoms with Crippen LogP contribution in [-0.4, -0.2) is 80.1 Å². The average Bonchev–Trinajstić information content (AvgIpc) is 2.58. The van der Waals surface area contributed by atoms with E-state index in [2.05, 4.69) is 63.2 Å². The number of hydrogen-bond donors (Lipinski definition) is 1. The van der Waals surface area contributed by atoms with E-state index in [-0.39, 0.29) is 24.0 Å². The molecule has 5 nitrogen and oxygen atoms in total. The van der Waals surface area contributed by atoms with Crippen LogP contribution in [0.25, 0.3) is 0 Å². The van der Waals surface area contributed by atoms with Gasteiger partial charge in [0, 0.05) is 66.0 Å². The minimum atomic E-state index is 0. The van der Waals surface area contributed by atoms with Gasteiger partial charge in [-0.15, -0.1) is 24.0 Å². The molecule has 0 aliphatic carbocycles. The third-order valence-electron chi connectivity index (χ3n) is 5.13. The first-order valence-electron chi connectivity index (χ1n) is 8.60. The van der Waals surface area contributed by atoms with E-state index in [0.717, 1.165) is 19.0 Å². The third kappa shape index (κ3) is 4.61. The van der Waals surface area contributed by atoms with Gasteiger partial charge in [-0.2, -0.15) is 0 Å². The van der Waals surface area contributed by atoms with Crippen molar-refractivity contribution < 1.29 is 0 Å². The van der Waals surface area contributed by atoms with Gasteiger partial charge < -0.3 is 10.2 Å². The van der Waals surface area contributed by atoms with Gasteiger partial charge in [-0.25, -0.2) is 0 Å². The SMILES string of the molecule is CN=C(NCC1CN2CCN1CC2)N(C)Cc1ccccc1C.I. The molecule has 0 saturated carbocycles. The van der Waals surface area contributed by atoms with E-state index in [4.69, 9.17) is 0 Å². The van der Waals surface area contributed by atoms with Crippen molar-refractivity contribution in [3.8, 4) is 0 Å². The smallest absolute Gasteiger partial charge is 0.193 e. The Morgan fingerprint density at radius 1 is 1.25 bits per heavy atom. The summed E-state index contributed by atoms with van der Waals surface area (Å²) in [5.41, 5.74) is 2.68. The first-order valence-corrected chi connectivity index (χ1v) is 8.60. The van der Waals surface area contributed by atoms with Gasteiger partial charge in [-0.3, -0.25) is 14.8 Å². The number of nitrogens with one attached hydrogen (secondary N) is 1. The van der Waals surface area contributed by atoms with Gasteiger partial charge in [-0.05, 0) is 18.1 Å². The molecule has 134 valence electrons. The average molecular weight is 443 g/mol. The lowest BCUT2D eigenvalue weighted by atomic mass is 10.1. The highest BCUT2D eigenvalue weighted by Gasteiger charge is 2.31. The second-order valence-electron chi connectivity index (χ2n) is 6.70. The van der Waals surface area contributed by atoms with Gasteiger partial charge in [0.25, 0.3) is 0 Å². The minimum Gasteiger partial charge on any atom is -0.355 e. The van der Waals surface area contributed by atoms with Gasteiger partial charge in [0.15, 0.2) is 5.96 Å². The molecule has 3 fully saturated rings. The number of hydrogen-bond acceptors (Lipinski definition) is 3. The van der Waals surface area contributed by atoms with Crippen molar-refractivity contribution in [3.63, 3.8) is 0 Å². The lowest BCUT2D eigenvalue weighted by molar-refractivity contribution is 0.0152. The highest BCUT2D eigenvalue weighted by molar-refractivity contribution is 14.0. The van der Waals surface area contributed by atoms with E-state index in [1.165, 1.54) is 43.9 Å². The maximum absolute atomic E-state index is 4.46. The van der Waals surface area contributed by atoms with Crippen LogP contribution in [0.5, 0.6) is 0 Å². The largest absolute Gasteiger partial charge is 0.355 e. The maximum Gasteiger partial charge on any atom is 0.193 e. The van der Waals surface area contributed by atoms with Crippen molar-refractivity contribution >= 4 is 29.9 Å². The first kappa shape index (κ1) is 19.5. The summed E-state index contributed by atoms with van der Waals surface area (Å²) in [6.07, 6.45) is 0. The molecule has 6 heteroatoms. The highest BCUT2D eigenvalue weighted by Crippen LogP contribution is 2.15. The normalized spacial score (nSPS) is 26.0. The Hall–Kier alpha value is -0.860. The molecule has 3 saturated heterocycles. The Bertz CT molecular complexity index is 554. The standard InChI is InChI=1S/C18H29N5.HI/c1-15-6-4-5-7-16(15)13-21(3)18(19-2)20-12-17-14-22-8-10-23(17)11-9-22;/h4-7,17H,8-14H2,1-3H3,(H,19,20);1H. The summed E-state index contributed by atoms with van der Waals surface area (Å²) in [5, 5.41) is 3.57. The van der Waals surface area contributed by atoms with Crippen LogP contribution in [0, 0.1) is 6.92 Å². The number of halogens is 1. The predicted molar refractivity (Wildman–Crippen MR) is 111 cm³/mol. The molecule has 3 heterocycles. The zero-order valence-corrected chi connectivity index (χ0v) is 17.4. The number of benzene rings is 1. The third-order valence-corrected chi connectivity index (χ3v) is 5.13. The maximum atomic E-state index is 4.46. The van der Waals surface area contributed by atoms with Crippen molar-refractivity contribution in [1.29, 1.82) is 0 Å². The molecule has 3 aliphatic rings. The van der Waals surface area contributed by atoms with Crippen LogP contribution < -0.4 is 5.32 Å². The van der Waals surface area contributed by atoms with Gasteiger partial charge in [0.05, 0.1) is 0 Å². The van der Waals surface area contributed by atoms with E-state index in [0.29, 0.717) is 6.04 Å². The zero-order valence-electron chi connectivity index (χ0n) is 15.0. The Kier molecular flexibility index (Phi) is 7.31. The number of nitrogens with zero attached hydrogens (tertiary/aromatic N) is 4. The summed E-state index contributed by atoms with van der Waals surface area (Å²) < 4.78 is 0. The molecule has 0 amide bonds. The topological polar surface area (TPSA) is 34.1 Å². The van der Waals surface area contributed by atoms with Gasteiger partial charge in [0.1, 0.15) is 0 Å². The van der Waals surface area contributed by atoms with Crippen molar-refractivity contribution in [2.75, 3.05) is 53.4 Å². The number of piperazine rings is 3. The number of fused-ring (bicyclic) bond motifs is 3. The number of aliphatic imine (C=N–C) groups is 1.